The predicted octanol–water partition coefficient (Wildman–Crippen LogP) is 5.78. The van der Waals surface area contributed by atoms with Crippen LogP contribution < -0.4 is 15.4 Å². The van der Waals surface area contributed by atoms with E-state index in [1.165, 1.54) is 0 Å². The molecule has 252 valence electrons. The Morgan fingerprint density at radius 1 is 0.936 bits per heavy atom. The van der Waals surface area contributed by atoms with Crippen molar-refractivity contribution in [3.05, 3.63) is 95.7 Å². The minimum Gasteiger partial charge on any atom is -0.497 e. The lowest BCUT2D eigenvalue weighted by atomic mass is 10.0. The Bertz CT molecular complexity index is 1720. The lowest BCUT2D eigenvalue weighted by molar-refractivity contribution is -0.128. The zero-order chi connectivity index (χ0) is 34.0. The predicted molar refractivity (Wildman–Crippen MR) is 187 cm³/mol. The molecule has 1 heterocycles. The van der Waals surface area contributed by atoms with Gasteiger partial charge in [0.2, 0.25) is 21.8 Å². The molecule has 0 saturated heterocycles. The second-order valence-corrected chi connectivity index (χ2v) is 14.5. The molecule has 0 radical (unpaired) electrons. The third-order valence-corrected chi connectivity index (χ3v) is 10.3. The molecule has 2 amide bonds. The van der Waals surface area contributed by atoms with Gasteiger partial charge in [-0.25, -0.2) is 8.42 Å². The van der Waals surface area contributed by atoms with E-state index in [9.17, 15) is 18.0 Å². The van der Waals surface area contributed by atoms with Crippen molar-refractivity contribution in [3.8, 4) is 5.75 Å². The van der Waals surface area contributed by atoms with Crippen LogP contribution in [0.1, 0.15) is 56.7 Å². The van der Waals surface area contributed by atoms with Gasteiger partial charge in [0, 0.05) is 42.7 Å². The maximum Gasteiger partial charge on any atom is 0.243 e. The van der Waals surface area contributed by atoms with E-state index in [2.05, 4.69) is 15.6 Å². The van der Waals surface area contributed by atoms with Crippen LogP contribution in [0, 0.1) is 12.8 Å². The number of para-hydroxylation sites is 1. The number of carbonyl (C=O) groups is 2. The topological polar surface area (TPSA) is 121 Å². The van der Waals surface area contributed by atoms with Crippen LogP contribution in [-0.2, 0) is 32.5 Å². The van der Waals surface area contributed by atoms with Crippen LogP contribution in [0.25, 0.3) is 10.9 Å². The highest BCUT2D eigenvalue weighted by molar-refractivity contribution is 7.89. The number of fused-ring (bicyclic) bond motifs is 1. The Kier molecular flexibility index (Phi) is 12.6. The number of nitrogens with zero attached hydrogens (tertiary/aromatic N) is 1. The zero-order valence-electron chi connectivity index (χ0n) is 28.1. The normalized spacial score (nSPS) is 13.1. The number of hydrogen-bond donors (Lipinski definition) is 3. The summed E-state index contributed by atoms with van der Waals surface area (Å²) in [5, 5.41) is 6.98. The number of sulfonamides is 1. The van der Waals surface area contributed by atoms with E-state index in [-0.39, 0.29) is 30.2 Å². The standard InChI is InChI=1S/C37H48N4O5S/c1-26(2)25-41(47(44,45)32-19-13-27(3)14-20-32)28(4)10-8-9-21-38-37(43)35(23-30-24-39-34-12-7-6-11-33(30)34)40-36(42)22-29-15-17-31(46-5)18-16-29/h6-7,11-20,24,26,28,35,39H,8-10,21-23,25H2,1-5H3,(H,38,43)(H,40,42)/t28-,35+/m1/s1. The molecule has 3 N–H and O–H groups in total. The molecule has 0 fully saturated rings. The van der Waals surface area contributed by atoms with Crippen molar-refractivity contribution in [1.82, 2.24) is 19.9 Å². The van der Waals surface area contributed by atoms with Gasteiger partial charge < -0.3 is 20.4 Å². The molecule has 47 heavy (non-hydrogen) atoms. The molecule has 9 nitrogen and oxygen atoms in total. The van der Waals surface area contributed by atoms with Gasteiger partial charge in [0.05, 0.1) is 18.4 Å². The monoisotopic (exact) mass is 660 g/mol. The first kappa shape index (κ1) is 35.7. The van der Waals surface area contributed by atoms with Crippen molar-refractivity contribution in [3.63, 3.8) is 0 Å². The number of hydrogen-bond acceptors (Lipinski definition) is 5. The largest absolute Gasteiger partial charge is 0.497 e. The van der Waals surface area contributed by atoms with Crippen LogP contribution in [-0.4, -0.2) is 61.8 Å². The number of benzene rings is 3. The average Bonchev–Trinajstić information content (AvgIpc) is 3.46. The highest BCUT2D eigenvalue weighted by Gasteiger charge is 2.29. The minimum absolute atomic E-state index is 0.137. The van der Waals surface area contributed by atoms with E-state index < -0.39 is 16.1 Å². The third-order valence-electron chi connectivity index (χ3n) is 8.29. The summed E-state index contributed by atoms with van der Waals surface area (Å²) in [4.78, 5) is 30.1. The number of unbranched alkanes of at least 4 members (excludes halogenated alkanes) is 1. The SMILES string of the molecule is COc1ccc(CC(=O)N[C@@H](Cc2c[nH]c3ccccc23)C(=O)NCCCC[C@@H](C)N(CC(C)C)S(=O)(=O)c2ccc(C)cc2)cc1. The maximum absolute atomic E-state index is 13.5. The number of nitrogens with one attached hydrogen (secondary N) is 3. The molecule has 0 spiro atoms. The molecule has 3 aromatic carbocycles. The number of aryl methyl sites for hydroxylation is 1. The summed E-state index contributed by atoms with van der Waals surface area (Å²) in [7, 11) is -2.05. The molecule has 0 aliphatic heterocycles. The van der Waals surface area contributed by atoms with Crippen molar-refractivity contribution in [2.75, 3.05) is 20.2 Å². The van der Waals surface area contributed by atoms with Crippen molar-refractivity contribution in [2.24, 2.45) is 5.92 Å². The maximum atomic E-state index is 13.5. The second kappa shape index (κ2) is 16.6. The van der Waals surface area contributed by atoms with Crippen LogP contribution in [0.3, 0.4) is 0 Å². The number of rotatable bonds is 17. The number of carbonyl (C=O) groups excluding carboxylic acids is 2. The van der Waals surface area contributed by atoms with Crippen molar-refractivity contribution < 1.29 is 22.7 Å². The first-order chi connectivity index (χ1) is 22.5. The molecular weight excluding hydrogens is 612 g/mol. The van der Waals surface area contributed by atoms with Gasteiger partial charge in [-0.05, 0) is 74.1 Å². The third kappa shape index (κ3) is 9.92. The summed E-state index contributed by atoms with van der Waals surface area (Å²) in [5.74, 6) is 0.380. The summed E-state index contributed by atoms with van der Waals surface area (Å²) < 4.78 is 33.9. The first-order valence-corrected chi connectivity index (χ1v) is 17.8. The fraction of sp³-hybridized carbons (Fsp3) is 0.405. The van der Waals surface area contributed by atoms with Gasteiger partial charge in [0.1, 0.15) is 11.8 Å². The van der Waals surface area contributed by atoms with Crippen LogP contribution >= 0.6 is 0 Å². The summed E-state index contributed by atoms with van der Waals surface area (Å²) in [5.41, 5.74) is 3.74. The highest BCUT2D eigenvalue weighted by Crippen LogP contribution is 2.23. The number of methoxy groups -OCH3 is 1. The van der Waals surface area contributed by atoms with Crippen molar-refractivity contribution in [2.45, 2.75) is 76.8 Å². The van der Waals surface area contributed by atoms with Gasteiger partial charge in [0.15, 0.2) is 0 Å². The Balaban J connectivity index is 1.36. The Hall–Kier alpha value is -4.15. The van der Waals surface area contributed by atoms with Gasteiger partial charge in [-0.3, -0.25) is 9.59 Å². The molecule has 0 saturated carbocycles. The fourth-order valence-corrected chi connectivity index (χ4v) is 7.49. The molecule has 0 unspecified atom stereocenters. The van der Waals surface area contributed by atoms with E-state index in [4.69, 9.17) is 4.74 Å². The number of aromatic nitrogens is 1. The molecule has 1 aromatic heterocycles. The lowest BCUT2D eigenvalue weighted by Crippen LogP contribution is -2.48. The fourth-order valence-electron chi connectivity index (χ4n) is 5.67. The van der Waals surface area contributed by atoms with Gasteiger partial charge in [0.25, 0.3) is 0 Å². The van der Waals surface area contributed by atoms with Crippen LogP contribution in [0.15, 0.2) is 83.9 Å². The second-order valence-electron chi connectivity index (χ2n) is 12.6. The summed E-state index contributed by atoms with van der Waals surface area (Å²) in [6, 6.07) is 21.2. The quantitative estimate of drug-likeness (QED) is 0.124. The Morgan fingerprint density at radius 2 is 1.64 bits per heavy atom. The van der Waals surface area contributed by atoms with Gasteiger partial charge in [-0.2, -0.15) is 4.31 Å². The van der Waals surface area contributed by atoms with Crippen molar-refractivity contribution >= 4 is 32.7 Å². The Labute approximate surface area is 279 Å². The van der Waals surface area contributed by atoms with E-state index in [0.717, 1.165) is 34.0 Å². The summed E-state index contributed by atoms with van der Waals surface area (Å²) >= 11 is 0. The van der Waals surface area contributed by atoms with Gasteiger partial charge >= 0.3 is 0 Å². The van der Waals surface area contributed by atoms with Crippen LogP contribution in [0.5, 0.6) is 5.75 Å². The van der Waals surface area contributed by atoms with Gasteiger partial charge in [-0.1, -0.05) is 68.3 Å². The van der Waals surface area contributed by atoms with Crippen LogP contribution in [0.2, 0.25) is 0 Å². The molecule has 10 heteroatoms. The first-order valence-electron chi connectivity index (χ1n) is 16.3. The summed E-state index contributed by atoms with van der Waals surface area (Å²) in [6.45, 7) is 8.76. The van der Waals surface area contributed by atoms with E-state index in [1.807, 2.05) is 82.4 Å². The highest BCUT2D eigenvalue weighted by atomic mass is 32.2. The van der Waals surface area contributed by atoms with Crippen molar-refractivity contribution in [1.29, 1.82) is 0 Å². The molecule has 2 atom stereocenters. The lowest BCUT2D eigenvalue weighted by Gasteiger charge is -2.30. The number of aromatic amines is 1. The van der Waals surface area contributed by atoms with E-state index >= 15 is 0 Å². The molecule has 4 rings (SSSR count). The number of amides is 2. The zero-order valence-corrected chi connectivity index (χ0v) is 28.9. The van der Waals surface area contributed by atoms with E-state index in [0.29, 0.717) is 43.0 Å². The van der Waals surface area contributed by atoms with Gasteiger partial charge in [-0.15, -0.1) is 0 Å². The molecule has 0 bridgehead atoms. The minimum atomic E-state index is -3.64. The molecular formula is C37H48N4O5S. The molecule has 4 aromatic rings. The smallest absolute Gasteiger partial charge is 0.243 e. The number of ether oxygens (including phenoxy) is 1. The Morgan fingerprint density at radius 3 is 2.32 bits per heavy atom. The molecule has 0 aliphatic carbocycles. The number of H-pyrrole nitrogens is 1. The average molecular weight is 661 g/mol. The molecule has 0 aliphatic rings. The summed E-state index contributed by atoms with van der Waals surface area (Å²) in [6.07, 6.45) is 4.42. The van der Waals surface area contributed by atoms with E-state index in [1.54, 1.807) is 35.7 Å². The van der Waals surface area contributed by atoms with Crippen LogP contribution in [0.4, 0.5) is 0 Å².